The summed E-state index contributed by atoms with van der Waals surface area (Å²) < 4.78 is 32.7. The van der Waals surface area contributed by atoms with Crippen molar-refractivity contribution in [3.8, 4) is 5.75 Å². The highest BCUT2D eigenvalue weighted by atomic mass is 32.2. The highest BCUT2D eigenvalue weighted by Gasteiger charge is 2.23. The van der Waals surface area contributed by atoms with Crippen molar-refractivity contribution in [3.05, 3.63) is 40.8 Å². The van der Waals surface area contributed by atoms with Gasteiger partial charge in [-0.15, -0.1) is 11.3 Å². The zero-order chi connectivity index (χ0) is 17.7. The number of methoxy groups -OCH3 is 1. The van der Waals surface area contributed by atoms with Crippen LogP contribution in [0.15, 0.2) is 40.7 Å². The Bertz CT molecular complexity index is 761. The van der Waals surface area contributed by atoms with Crippen LogP contribution in [0.5, 0.6) is 5.75 Å². The number of nitrogens with zero attached hydrogens (tertiary/aromatic N) is 2. The molecule has 1 unspecified atom stereocenters. The molecule has 0 amide bonds. The van der Waals surface area contributed by atoms with Crippen LogP contribution < -0.4 is 9.46 Å². The Morgan fingerprint density at radius 1 is 1.36 bits per heavy atom. The fraction of sp³-hybridized carbons (Fsp3) is 0.471. The summed E-state index contributed by atoms with van der Waals surface area (Å²) in [4.78, 5) is 6.95. The molecule has 0 radical (unpaired) electrons. The molecule has 2 aromatic rings. The molecule has 0 saturated carbocycles. The van der Waals surface area contributed by atoms with Crippen molar-refractivity contribution in [3.63, 3.8) is 0 Å². The Morgan fingerprint density at radius 2 is 2.16 bits per heavy atom. The largest absolute Gasteiger partial charge is 0.497 e. The van der Waals surface area contributed by atoms with E-state index in [1.165, 1.54) is 0 Å². The molecule has 1 aromatic heterocycles. The Hall–Kier alpha value is -1.48. The molecule has 1 aliphatic heterocycles. The summed E-state index contributed by atoms with van der Waals surface area (Å²) >= 11 is 1.66. The van der Waals surface area contributed by atoms with Gasteiger partial charge in [-0.2, -0.15) is 0 Å². The zero-order valence-corrected chi connectivity index (χ0v) is 15.9. The summed E-state index contributed by atoms with van der Waals surface area (Å²) in [6, 6.07) is 6.45. The number of benzene rings is 1. The molecule has 3 rings (SSSR count). The Labute approximate surface area is 152 Å². The molecule has 25 heavy (non-hydrogen) atoms. The second kappa shape index (κ2) is 8.27. The number of ether oxygens (including phenoxy) is 1. The average molecular weight is 382 g/mol. The van der Waals surface area contributed by atoms with E-state index in [9.17, 15) is 8.42 Å². The third kappa shape index (κ3) is 5.01. The number of hydrogen-bond acceptors (Lipinski definition) is 6. The fourth-order valence-corrected chi connectivity index (χ4v) is 4.82. The topological polar surface area (TPSA) is 71.5 Å². The molecule has 0 spiro atoms. The van der Waals surface area contributed by atoms with Gasteiger partial charge in [0.1, 0.15) is 10.8 Å². The molecule has 0 aliphatic carbocycles. The summed E-state index contributed by atoms with van der Waals surface area (Å²) in [5, 5.41) is 3.10. The number of nitrogens with one attached hydrogen (secondary N) is 1. The van der Waals surface area contributed by atoms with Gasteiger partial charge in [0, 0.05) is 24.7 Å². The SMILES string of the molecule is COc1ccc(S(=O)(=O)NCC2CCCN(Cc3nccs3)C2)cc1. The average Bonchev–Trinajstić information content (AvgIpc) is 3.13. The van der Waals surface area contributed by atoms with Gasteiger partial charge in [-0.1, -0.05) is 0 Å². The van der Waals surface area contributed by atoms with Crippen molar-refractivity contribution < 1.29 is 13.2 Å². The van der Waals surface area contributed by atoms with Crippen molar-refractivity contribution in [2.45, 2.75) is 24.3 Å². The fourth-order valence-electron chi connectivity index (χ4n) is 3.05. The van der Waals surface area contributed by atoms with Crippen LogP contribution in [0.3, 0.4) is 0 Å². The maximum absolute atomic E-state index is 12.4. The Kier molecular flexibility index (Phi) is 6.06. The molecule has 1 N–H and O–H groups in total. The van der Waals surface area contributed by atoms with Gasteiger partial charge in [-0.25, -0.2) is 18.1 Å². The smallest absolute Gasteiger partial charge is 0.240 e. The highest BCUT2D eigenvalue weighted by molar-refractivity contribution is 7.89. The maximum atomic E-state index is 12.4. The second-order valence-electron chi connectivity index (χ2n) is 6.20. The highest BCUT2D eigenvalue weighted by Crippen LogP contribution is 2.20. The first-order chi connectivity index (χ1) is 12.1. The number of sulfonamides is 1. The molecule has 136 valence electrons. The lowest BCUT2D eigenvalue weighted by atomic mass is 9.98. The molecule has 1 atom stereocenters. The monoisotopic (exact) mass is 381 g/mol. The van der Waals surface area contributed by atoms with Crippen molar-refractivity contribution in [2.75, 3.05) is 26.7 Å². The quantitative estimate of drug-likeness (QED) is 0.797. The molecular formula is C17H23N3O3S2. The first-order valence-electron chi connectivity index (χ1n) is 8.31. The van der Waals surface area contributed by atoms with Crippen LogP contribution in [0.25, 0.3) is 0 Å². The van der Waals surface area contributed by atoms with Crippen LogP contribution in [0, 0.1) is 5.92 Å². The predicted octanol–water partition coefficient (Wildman–Crippen LogP) is 2.34. The molecule has 6 nitrogen and oxygen atoms in total. The Morgan fingerprint density at radius 3 is 2.84 bits per heavy atom. The van der Waals surface area contributed by atoms with Crippen LogP contribution >= 0.6 is 11.3 Å². The standard InChI is InChI=1S/C17H23N3O3S2/c1-23-15-4-6-16(7-5-15)25(21,22)19-11-14-3-2-9-20(12-14)13-17-18-8-10-24-17/h4-8,10,14,19H,2-3,9,11-13H2,1H3. The summed E-state index contributed by atoms with van der Waals surface area (Å²) in [5.41, 5.74) is 0. The molecule has 2 heterocycles. The summed E-state index contributed by atoms with van der Waals surface area (Å²) in [6.07, 6.45) is 3.95. The number of thiazole rings is 1. The summed E-state index contributed by atoms with van der Waals surface area (Å²) in [7, 11) is -1.93. The first kappa shape index (κ1) is 18.3. The molecular weight excluding hydrogens is 358 g/mol. The Balaban J connectivity index is 1.54. The lowest BCUT2D eigenvalue weighted by Crippen LogP contribution is -2.40. The molecule has 1 saturated heterocycles. The van der Waals surface area contributed by atoms with Crippen molar-refractivity contribution in [1.82, 2.24) is 14.6 Å². The number of likely N-dealkylation sites (tertiary alicyclic amines) is 1. The van der Waals surface area contributed by atoms with Gasteiger partial charge in [0.2, 0.25) is 10.0 Å². The van der Waals surface area contributed by atoms with Crippen LogP contribution in [-0.4, -0.2) is 45.0 Å². The molecule has 1 aromatic carbocycles. The normalized spacial score (nSPS) is 19.0. The van der Waals surface area contributed by atoms with Gasteiger partial charge >= 0.3 is 0 Å². The zero-order valence-electron chi connectivity index (χ0n) is 14.2. The van der Waals surface area contributed by atoms with Gasteiger partial charge in [-0.3, -0.25) is 4.90 Å². The van der Waals surface area contributed by atoms with Gasteiger partial charge < -0.3 is 4.74 Å². The number of rotatable bonds is 7. The van der Waals surface area contributed by atoms with E-state index in [-0.39, 0.29) is 4.90 Å². The third-order valence-corrected chi connectivity index (χ3v) is 6.58. The predicted molar refractivity (Wildman–Crippen MR) is 98.3 cm³/mol. The van der Waals surface area contributed by atoms with E-state index in [0.717, 1.165) is 37.5 Å². The summed E-state index contributed by atoms with van der Waals surface area (Å²) in [6.45, 7) is 3.24. The van der Waals surface area contributed by atoms with Gasteiger partial charge in [0.25, 0.3) is 0 Å². The van der Waals surface area contributed by atoms with Crippen molar-refractivity contribution >= 4 is 21.4 Å². The number of hydrogen-bond donors (Lipinski definition) is 1. The minimum atomic E-state index is -3.49. The van der Waals surface area contributed by atoms with E-state index in [1.54, 1.807) is 42.7 Å². The molecule has 1 fully saturated rings. The van der Waals surface area contributed by atoms with Crippen LogP contribution in [-0.2, 0) is 16.6 Å². The van der Waals surface area contributed by atoms with Crippen LogP contribution in [0.4, 0.5) is 0 Å². The van der Waals surface area contributed by atoms with Crippen LogP contribution in [0.1, 0.15) is 17.8 Å². The van der Waals surface area contributed by atoms with E-state index >= 15 is 0 Å². The lowest BCUT2D eigenvalue weighted by molar-refractivity contribution is 0.168. The molecule has 0 bridgehead atoms. The van der Waals surface area contributed by atoms with E-state index in [0.29, 0.717) is 18.2 Å². The van der Waals surface area contributed by atoms with Gasteiger partial charge in [0.15, 0.2) is 0 Å². The second-order valence-corrected chi connectivity index (χ2v) is 8.94. The summed E-state index contributed by atoms with van der Waals surface area (Å²) in [5.74, 6) is 0.964. The minimum absolute atomic E-state index is 0.267. The third-order valence-electron chi connectivity index (χ3n) is 4.38. The number of aromatic nitrogens is 1. The lowest BCUT2D eigenvalue weighted by Gasteiger charge is -2.32. The first-order valence-corrected chi connectivity index (χ1v) is 10.7. The minimum Gasteiger partial charge on any atom is -0.497 e. The number of piperidine rings is 1. The van der Waals surface area contributed by atoms with Gasteiger partial charge in [-0.05, 0) is 49.6 Å². The molecule has 1 aliphatic rings. The van der Waals surface area contributed by atoms with E-state index in [4.69, 9.17) is 4.74 Å². The van der Waals surface area contributed by atoms with Crippen molar-refractivity contribution in [2.24, 2.45) is 5.92 Å². The van der Waals surface area contributed by atoms with E-state index in [2.05, 4.69) is 14.6 Å². The van der Waals surface area contributed by atoms with Crippen LogP contribution in [0.2, 0.25) is 0 Å². The van der Waals surface area contributed by atoms with Gasteiger partial charge in [0.05, 0.1) is 18.6 Å². The van der Waals surface area contributed by atoms with Crippen molar-refractivity contribution in [1.29, 1.82) is 0 Å². The maximum Gasteiger partial charge on any atom is 0.240 e. The van der Waals surface area contributed by atoms with E-state index < -0.39 is 10.0 Å². The van der Waals surface area contributed by atoms with E-state index in [1.807, 2.05) is 11.6 Å². The molecule has 8 heteroatoms.